The quantitative estimate of drug-likeness (QED) is 0.578. The first-order valence-electron chi connectivity index (χ1n) is 8.99. The van der Waals surface area contributed by atoms with Gasteiger partial charge in [0.2, 0.25) is 0 Å². The molecule has 4 aromatic rings. The van der Waals surface area contributed by atoms with Gasteiger partial charge in [-0.15, -0.1) is 5.10 Å². The van der Waals surface area contributed by atoms with Gasteiger partial charge in [-0.1, -0.05) is 12.1 Å². The largest absolute Gasteiger partial charge is 0.448 e. The lowest BCUT2D eigenvalue weighted by Crippen LogP contribution is -2.12. The summed E-state index contributed by atoms with van der Waals surface area (Å²) in [7, 11) is 0. The Balaban J connectivity index is 1.39. The molecular weight excluding hydrogens is 361 g/mol. The number of tetrazole rings is 1. The van der Waals surface area contributed by atoms with Gasteiger partial charge in [0, 0.05) is 22.2 Å². The fraction of sp³-hybridized carbons (Fsp3) is 0.200. The average Bonchev–Trinajstić information content (AvgIpc) is 3.32. The Labute approximate surface area is 159 Å². The molecule has 2 heterocycles. The number of amides is 1. The minimum absolute atomic E-state index is 0.0902. The van der Waals surface area contributed by atoms with Gasteiger partial charge in [0.1, 0.15) is 0 Å². The summed E-state index contributed by atoms with van der Waals surface area (Å²) in [5, 5.41) is 15.3. The van der Waals surface area contributed by atoms with Crippen LogP contribution < -0.4 is 5.32 Å². The molecule has 0 radical (unpaired) electrons. The van der Waals surface area contributed by atoms with Crippen LogP contribution in [0.1, 0.15) is 35.0 Å². The van der Waals surface area contributed by atoms with Gasteiger partial charge in [-0.25, -0.2) is 9.07 Å². The van der Waals surface area contributed by atoms with Crippen molar-refractivity contribution < 1.29 is 13.6 Å². The number of aryl methyl sites for hydroxylation is 1. The van der Waals surface area contributed by atoms with Crippen LogP contribution in [0.5, 0.6) is 0 Å². The number of carbonyl (C=O) groups excluding carboxylic acids is 1. The summed E-state index contributed by atoms with van der Waals surface area (Å²) in [6.07, 6.45) is 2.17. The number of nitrogens with one attached hydrogen (secondary N) is 1. The van der Waals surface area contributed by atoms with Gasteiger partial charge in [0.15, 0.2) is 23.0 Å². The number of benzene rings is 2. The number of anilines is 1. The van der Waals surface area contributed by atoms with Gasteiger partial charge in [0.25, 0.3) is 5.91 Å². The number of fused-ring (bicyclic) bond motifs is 1. The van der Waals surface area contributed by atoms with Crippen LogP contribution in [0.15, 0.2) is 46.9 Å². The van der Waals surface area contributed by atoms with Crippen molar-refractivity contribution in [1.29, 1.82) is 0 Å². The van der Waals surface area contributed by atoms with Gasteiger partial charge < -0.3 is 9.73 Å². The van der Waals surface area contributed by atoms with E-state index in [1.165, 1.54) is 6.07 Å². The predicted molar refractivity (Wildman–Crippen MR) is 100 cm³/mol. The van der Waals surface area contributed by atoms with Gasteiger partial charge >= 0.3 is 0 Å². The van der Waals surface area contributed by atoms with Gasteiger partial charge in [0.05, 0.1) is 6.04 Å². The van der Waals surface area contributed by atoms with Crippen molar-refractivity contribution in [2.24, 2.45) is 0 Å². The van der Waals surface area contributed by atoms with E-state index in [0.717, 1.165) is 18.4 Å². The van der Waals surface area contributed by atoms with Crippen molar-refractivity contribution in [2.75, 3.05) is 5.32 Å². The van der Waals surface area contributed by atoms with E-state index in [9.17, 15) is 9.18 Å². The van der Waals surface area contributed by atoms with E-state index >= 15 is 0 Å². The van der Waals surface area contributed by atoms with Crippen LogP contribution in [0.2, 0.25) is 0 Å². The van der Waals surface area contributed by atoms with E-state index in [4.69, 9.17) is 4.42 Å². The summed E-state index contributed by atoms with van der Waals surface area (Å²) < 4.78 is 21.2. The molecule has 0 spiro atoms. The van der Waals surface area contributed by atoms with Gasteiger partial charge in [-0.05, 0) is 60.5 Å². The molecule has 0 saturated heterocycles. The Kier molecular flexibility index (Phi) is 3.71. The summed E-state index contributed by atoms with van der Waals surface area (Å²) in [6.45, 7) is 1.74. The number of carbonyl (C=O) groups is 1. The number of halogens is 1. The molecule has 7 nitrogen and oxygen atoms in total. The monoisotopic (exact) mass is 377 g/mol. The minimum Gasteiger partial charge on any atom is -0.448 e. The van der Waals surface area contributed by atoms with Crippen molar-refractivity contribution in [3.63, 3.8) is 0 Å². The Bertz CT molecular complexity index is 1190. The van der Waals surface area contributed by atoms with Crippen molar-refractivity contribution in [3.8, 4) is 11.4 Å². The molecule has 0 unspecified atom stereocenters. The lowest BCUT2D eigenvalue weighted by Gasteiger charge is -2.06. The maximum Gasteiger partial charge on any atom is 0.291 e. The molecule has 1 saturated carbocycles. The number of hydrogen-bond acceptors (Lipinski definition) is 5. The Morgan fingerprint density at radius 1 is 1.21 bits per heavy atom. The molecule has 2 aromatic carbocycles. The molecule has 1 N–H and O–H groups in total. The van der Waals surface area contributed by atoms with Gasteiger partial charge in [-0.3, -0.25) is 4.79 Å². The standard InChI is InChI=1S/C20H16FN5O2/c1-11-15-3-2-4-16(21)18(15)28-17(11)20(27)22-13-7-5-12(6-8-13)19-23-24-25-26(19)14-9-10-14/h2-8,14H,9-10H2,1H3,(H,22,27). The van der Waals surface area contributed by atoms with Crippen molar-refractivity contribution in [2.45, 2.75) is 25.8 Å². The summed E-state index contributed by atoms with van der Waals surface area (Å²) in [6, 6.07) is 12.3. The van der Waals surface area contributed by atoms with Crippen LogP contribution in [0.25, 0.3) is 22.4 Å². The highest BCUT2D eigenvalue weighted by Gasteiger charge is 2.28. The number of para-hydroxylation sites is 1. The first kappa shape index (κ1) is 16.6. The molecule has 28 heavy (non-hydrogen) atoms. The smallest absolute Gasteiger partial charge is 0.291 e. The van der Waals surface area contributed by atoms with Crippen LogP contribution in [0.4, 0.5) is 10.1 Å². The van der Waals surface area contributed by atoms with Crippen molar-refractivity contribution in [3.05, 3.63) is 59.6 Å². The number of nitrogens with zero attached hydrogens (tertiary/aromatic N) is 4. The Hall–Kier alpha value is -3.55. The molecule has 2 aromatic heterocycles. The van der Waals surface area contributed by atoms with E-state index in [2.05, 4.69) is 20.8 Å². The lowest BCUT2D eigenvalue weighted by molar-refractivity contribution is 0.0997. The maximum atomic E-state index is 13.9. The number of rotatable bonds is 4. The summed E-state index contributed by atoms with van der Waals surface area (Å²) in [5.41, 5.74) is 2.16. The zero-order valence-electron chi connectivity index (χ0n) is 15.0. The first-order valence-corrected chi connectivity index (χ1v) is 8.99. The van der Waals surface area contributed by atoms with E-state index in [1.807, 2.05) is 16.8 Å². The summed E-state index contributed by atoms with van der Waals surface area (Å²) in [4.78, 5) is 12.6. The fourth-order valence-corrected chi connectivity index (χ4v) is 3.26. The second-order valence-electron chi connectivity index (χ2n) is 6.88. The highest BCUT2D eigenvalue weighted by molar-refractivity contribution is 6.06. The van der Waals surface area contributed by atoms with Crippen LogP contribution in [-0.4, -0.2) is 26.1 Å². The maximum absolute atomic E-state index is 13.9. The summed E-state index contributed by atoms with van der Waals surface area (Å²) >= 11 is 0. The number of furan rings is 1. The Morgan fingerprint density at radius 2 is 2.00 bits per heavy atom. The first-order chi connectivity index (χ1) is 13.6. The third-order valence-corrected chi connectivity index (χ3v) is 4.91. The van der Waals surface area contributed by atoms with Gasteiger partial charge in [-0.2, -0.15) is 0 Å². The van der Waals surface area contributed by atoms with Crippen LogP contribution in [0, 0.1) is 12.7 Å². The predicted octanol–water partition coefficient (Wildman–Crippen LogP) is 4.12. The van der Waals surface area contributed by atoms with Crippen LogP contribution >= 0.6 is 0 Å². The highest BCUT2D eigenvalue weighted by atomic mass is 19.1. The van der Waals surface area contributed by atoms with E-state index < -0.39 is 11.7 Å². The molecular formula is C20H16FN5O2. The molecule has 8 heteroatoms. The molecule has 5 rings (SSSR count). The summed E-state index contributed by atoms with van der Waals surface area (Å²) in [5.74, 6) is -0.105. The average molecular weight is 377 g/mol. The van der Waals surface area contributed by atoms with E-state index in [-0.39, 0.29) is 11.3 Å². The molecule has 0 bridgehead atoms. The van der Waals surface area contributed by atoms with E-state index in [1.54, 1.807) is 31.2 Å². The van der Waals surface area contributed by atoms with Crippen LogP contribution in [-0.2, 0) is 0 Å². The number of aromatic nitrogens is 4. The lowest BCUT2D eigenvalue weighted by atomic mass is 10.1. The molecule has 1 fully saturated rings. The zero-order chi connectivity index (χ0) is 19.3. The van der Waals surface area contributed by atoms with Crippen LogP contribution in [0.3, 0.4) is 0 Å². The highest BCUT2D eigenvalue weighted by Crippen LogP contribution is 2.36. The van der Waals surface area contributed by atoms with E-state index in [0.29, 0.717) is 28.5 Å². The molecule has 0 atom stereocenters. The normalized spacial score (nSPS) is 13.8. The Morgan fingerprint density at radius 3 is 2.71 bits per heavy atom. The number of hydrogen-bond donors (Lipinski definition) is 1. The third kappa shape index (κ3) is 2.74. The molecule has 140 valence electrons. The SMILES string of the molecule is Cc1c(C(=O)Nc2ccc(-c3nnnn3C3CC3)cc2)oc2c(F)cccc12. The fourth-order valence-electron chi connectivity index (χ4n) is 3.26. The van der Waals surface area contributed by atoms with Crippen molar-refractivity contribution >= 4 is 22.6 Å². The second-order valence-corrected chi connectivity index (χ2v) is 6.88. The topological polar surface area (TPSA) is 85.8 Å². The second kappa shape index (κ2) is 6.26. The minimum atomic E-state index is -0.489. The molecule has 1 aliphatic carbocycles. The molecule has 1 aliphatic rings. The molecule has 0 aliphatic heterocycles. The molecule has 1 amide bonds. The van der Waals surface area contributed by atoms with Crippen molar-refractivity contribution in [1.82, 2.24) is 20.2 Å². The third-order valence-electron chi connectivity index (χ3n) is 4.91. The zero-order valence-corrected chi connectivity index (χ0v) is 15.0.